The van der Waals surface area contributed by atoms with E-state index in [1.54, 1.807) is 4.57 Å². The second kappa shape index (κ2) is 3.16. The number of nitrogens with zero attached hydrogens (tertiary/aromatic N) is 4. The summed E-state index contributed by atoms with van der Waals surface area (Å²) in [7, 11) is 0. The van der Waals surface area contributed by atoms with Gasteiger partial charge in [0.1, 0.15) is 30.6 Å². The normalized spacial score (nSPS) is 33.9. The summed E-state index contributed by atoms with van der Waals surface area (Å²) in [5.41, 5.74) is 6.72. The second-order valence-corrected chi connectivity index (χ2v) is 4.57. The Labute approximate surface area is 101 Å². The molecule has 0 aliphatic carbocycles. The number of imidazole rings is 1. The summed E-state index contributed by atoms with van der Waals surface area (Å²) < 4.78 is 7.26. The molecule has 1 unspecified atom stereocenters. The smallest absolute Gasteiger partial charge is 0.167 e. The van der Waals surface area contributed by atoms with E-state index in [1.807, 2.05) is 0 Å². The molecule has 4 atom stereocenters. The third-order valence-electron chi connectivity index (χ3n) is 3.53. The zero-order chi connectivity index (χ0) is 12.4. The van der Waals surface area contributed by atoms with Crippen molar-refractivity contribution in [2.45, 2.75) is 31.0 Å². The van der Waals surface area contributed by atoms with Crippen molar-refractivity contribution in [2.24, 2.45) is 0 Å². The summed E-state index contributed by atoms with van der Waals surface area (Å²) in [5, 5.41) is 20.0. The fourth-order valence-corrected chi connectivity index (χ4v) is 2.70. The summed E-state index contributed by atoms with van der Waals surface area (Å²) in [6.07, 6.45) is -0.912. The highest BCUT2D eigenvalue weighted by Gasteiger charge is 2.47. The predicted molar refractivity (Wildman–Crippen MR) is 59.2 cm³/mol. The van der Waals surface area contributed by atoms with E-state index < -0.39 is 18.3 Å². The van der Waals surface area contributed by atoms with E-state index in [2.05, 4.69) is 15.0 Å². The Morgan fingerprint density at radius 1 is 1.39 bits per heavy atom. The Hall–Kier alpha value is -1.77. The fourth-order valence-electron chi connectivity index (χ4n) is 2.70. The first-order valence-corrected chi connectivity index (χ1v) is 5.66. The first-order valence-electron chi connectivity index (χ1n) is 5.66. The molecule has 18 heavy (non-hydrogen) atoms. The minimum atomic E-state index is -0.979. The number of fused-ring (bicyclic) bond motifs is 6. The molecule has 1 saturated heterocycles. The van der Waals surface area contributed by atoms with Gasteiger partial charge in [-0.15, -0.1) is 0 Å². The standard InChI is InChI=1S/C10H11N5O3/c11-8-5-9(13-2-12-8)15-4-1-3(16)7(18-4)6(17)10(15)14-5/h2-4,6-7,16-17H,1H2,(H2,11,12,13)/t3-,4+,6+,7?/m0/s1. The van der Waals surface area contributed by atoms with E-state index in [9.17, 15) is 10.2 Å². The first-order chi connectivity index (χ1) is 8.66. The number of aliphatic hydroxyl groups is 2. The number of aliphatic hydroxyl groups excluding tert-OH is 2. The first kappa shape index (κ1) is 10.2. The van der Waals surface area contributed by atoms with Gasteiger partial charge in [0.05, 0.1) is 6.10 Å². The van der Waals surface area contributed by atoms with Crippen LogP contribution in [0.5, 0.6) is 0 Å². The molecule has 0 aromatic carbocycles. The number of hydrogen-bond acceptors (Lipinski definition) is 7. The van der Waals surface area contributed by atoms with Crippen LogP contribution in [0.3, 0.4) is 0 Å². The minimum Gasteiger partial charge on any atom is -0.390 e. The van der Waals surface area contributed by atoms with Crippen molar-refractivity contribution in [3.8, 4) is 0 Å². The van der Waals surface area contributed by atoms with Gasteiger partial charge in [-0.3, -0.25) is 4.57 Å². The molecule has 2 aromatic rings. The van der Waals surface area contributed by atoms with Crippen LogP contribution in [-0.4, -0.2) is 41.9 Å². The van der Waals surface area contributed by atoms with Crippen LogP contribution in [0.25, 0.3) is 11.2 Å². The van der Waals surface area contributed by atoms with Crippen molar-refractivity contribution >= 4 is 17.0 Å². The summed E-state index contributed by atoms with van der Waals surface area (Å²) in [6.45, 7) is 0. The highest BCUT2D eigenvalue weighted by molar-refractivity contribution is 5.82. The summed E-state index contributed by atoms with van der Waals surface area (Å²) in [6, 6.07) is 0. The third-order valence-corrected chi connectivity index (χ3v) is 3.53. The Balaban J connectivity index is 2.03. The highest BCUT2D eigenvalue weighted by atomic mass is 16.5. The molecule has 1 fully saturated rings. The number of ether oxygens (including phenoxy) is 1. The molecule has 8 heteroatoms. The quantitative estimate of drug-likeness (QED) is 0.553. The molecule has 2 aliphatic rings. The van der Waals surface area contributed by atoms with E-state index in [0.717, 1.165) is 0 Å². The van der Waals surface area contributed by atoms with Gasteiger partial charge in [-0.05, 0) is 0 Å². The SMILES string of the molecule is Nc1ncnc2c1nc1n2[C@H]2C[C@H](O)C(O2)[C@H]1O. The minimum absolute atomic E-state index is 0.269. The van der Waals surface area contributed by atoms with Gasteiger partial charge >= 0.3 is 0 Å². The van der Waals surface area contributed by atoms with Crippen LogP contribution in [0.4, 0.5) is 5.82 Å². The molecule has 2 aromatic heterocycles. The lowest BCUT2D eigenvalue weighted by atomic mass is 10.1. The predicted octanol–water partition coefficient (Wildman–Crippen LogP) is -0.896. The van der Waals surface area contributed by atoms with Crippen LogP contribution in [-0.2, 0) is 4.74 Å². The summed E-state index contributed by atoms with van der Waals surface area (Å²) in [5.74, 6) is 0.695. The molecule has 2 aliphatic heterocycles. The van der Waals surface area contributed by atoms with Crippen molar-refractivity contribution < 1.29 is 14.9 Å². The monoisotopic (exact) mass is 249 g/mol. The number of rotatable bonds is 0. The molecular weight excluding hydrogens is 238 g/mol. The number of nitrogen functional groups attached to an aromatic ring is 1. The van der Waals surface area contributed by atoms with Crippen LogP contribution in [0.2, 0.25) is 0 Å². The van der Waals surface area contributed by atoms with Gasteiger partial charge in [0, 0.05) is 6.42 Å². The third kappa shape index (κ3) is 1.07. The lowest BCUT2D eigenvalue weighted by Gasteiger charge is -2.27. The van der Waals surface area contributed by atoms with Crippen molar-refractivity contribution in [1.29, 1.82) is 0 Å². The number of anilines is 1. The van der Waals surface area contributed by atoms with Crippen molar-refractivity contribution in [2.75, 3.05) is 5.73 Å². The van der Waals surface area contributed by atoms with E-state index in [1.165, 1.54) is 6.33 Å². The maximum absolute atomic E-state index is 10.2. The maximum Gasteiger partial charge on any atom is 0.167 e. The van der Waals surface area contributed by atoms with Gasteiger partial charge in [0.15, 0.2) is 17.0 Å². The van der Waals surface area contributed by atoms with E-state index in [0.29, 0.717) is 23.4 Å². The Bertz CT molecular complexity index is 642. The molecule has 94 valence electrons. The molecule has 4 rings (SSSR count). The van der Waals surface area contributed by atoms with E-state index >= 15 is 0 Å². The van der Waals surface area contributed by atoms with Crippen LogP contribution >= 0.6 is 0 Å². The van der Waals surface area contributed by atoms with Gasteiger partial charge in [0.2, 0.25) is 0 Å². The van der Waals surface area contributed by atoms with Gasteiger partial charge in [-0.1, -0.05) is 0 Å². The fraction of sp³-hybridized carbons (Fsp3) is 0.500. The summed E-state index contributed by atoms with van der Waals surface area (Å²) in [4.78, 5) is 12.3. The van der Waals surface area contributed by atoms with Crippen molar-refractivity contribution in [3.63, 3.8) is 0 Å². The molecule has 0 spiro atoms. The molecule has 0 saturated carbocycles. The highest BCUT2D eigenvalue weighted by Crippen LogP contribution is 2.43. The van der Waals surface area contributed by atoms with Crippen LogP contribution in [0, 0.1) is 0 Å². The Morgan fingerprint density at radius 3 is 3.06 bits per heavy atom. The van der Waals surface area contributed by atoms with Crippen LogP contribution < -0.4 is 5.73 Å². The second-order valence-electron chi connectivity index (χ2n) is 4.57. The molecule has 8 nitrogen and oxygen atoms in total. The lowest BCUT2D eigenvalue weighted by Crippen LogP contribution is -2.33. The van der Waals surface area contributed by atoms with Crippen molar-refractivity contribution in [3.05, 3.63) is 12.2 Å². The number of hydrogen-bond donors (Lipinski definition) is 3. The van der Waals surface area contributed by atoms with E-state index in [4.69, 9.17) is 10.5 Å². The van der Waals surface area contributed by atoms with Crippen molar-refractivity contribution in [1.82, 2.24) is 19.5 Å². The molecule has 2 bridgehead atoms. The van der Waals surface area contributed by atoms with Crippen LogP contribution in [0.1, 0.15) is 24.6 Å². The summed E-state index contributed by atoms with van der Waals surface area (Å²) >= 11 is 0. The number of nitrogens with two attached hydrogens (primary N) is 1. The average Bonchev–Trinajstić information content (AvgIpc) is 2.88. The zero-order valence-corrected chi connectivity index (χ0v) is 9.26. The molecule has 4 heterocycles. The molecular formula is C10H11N5O3. The largest absolute Gasteiger partial charge is 0.390 e. The topological polar surface area (TPSA) is 119 Å². The van der Waals surface area contributed by atoms with Gasteiger partial charge in [-0.2, -0.15) is 0 Å². The van der Waals surface area contributed by atoms with Gasteiger partial charge < -0.3 is 20.7 Å². The molecule has 0 radical (unpaired) electrons. The molecule has 0 amide bonds. The lowest BCUT2D eigenvalue weighted by molar-refractivity contribution is -0.110. The van der Waals surface area contributed by atoms with E-state index in [-0.39, 0.29) is 12.0 Å². The average molecular weight is 249 g/mol. The number of aromatic nitrogens is 4. The van der Waals surface area contributed by atoms with Crippen LogP contribution in [0.15, 0.2) is 6.33 Å². The Kier molecular flexibility index (Phi) is 1.79. The zero-order valence-electron chi connectivity index (χ0n) is 9.26. The maximum atomic E-state index is 10.2. The van der Waals surface area contributed by atoms with Gasteiger partial charge in [0.25, 0.3) is 0 Å². The Morgan fingerprint density at radius 2 is 2.22 bits per heavy atom. The van der Waals surface area contributed by atoms with Gasteiger partial charge in [-0.25, -0.2) is 15.0 Å². The molecule has 4 N–H and O–H groups in total.